The molecule has 0 aromatic heterocycles. The van der Waals surface area contributed by atoms with Gasteiger partial charge in [-0.25, -0.2) is 0 Å². The molecule has 1 saturated carbocycles. The van der Waals surface area contributed by atoms with Gasteiger partial charge in [0.15, 0.2) is 0 Å². The Hall–Kier alpha value is -0.120. The zero-order valence-electron chi connectivity index (χ0n) is 10.8. The molecule has 2 saturated heterocycles. The minimum absolute atomic E-state index is 0.367. The van der Waals surface area contributed by atoms with Gasteiger partial charge in [0.2, 0.25) is 0 Å². The molecule has 3 nitrogen and oxygen atoms in total. The second-order valence-electron chi connectivity index (χ2n) is 6.40. The average Bonchev–Trinajstić information content (AvgIpc) is 2.98. The molecule has 2 N–H and O–H groups in total. The van der Waals surface area contributed by atoms with Gasteiger partial charge in [0.1, 0.15) is 0 Å². The molecule has 2 aliphatic heterocycles. The lowest BCUT2D eigenvalue weighted by molar-refractivity contribution is 0.115. The average molecular weight is 238 g/mol. The highest BCUT2D eigenvalue weighted by atomic mass is 16.3. The van der Waals surface area contributed by atoms with Gasteiger partial charge in [0.25, 0.3) is 0 Å². The Bertz CT molecular complexity index is 257. The van der Waals surface area contributed by atoms with Crippen molar-refractivity contribution in [1.29, 1.82) is 0 Å². The third-order valence-electron chi connectivity index (χ3n) is 5.32. The summed E-state index contributed by atoms with van der Waals surface area (Å²) in [7, 11) is 0. The van der Waals surface area contributed by atoms with Crippen LogP contribution in [0.25, 0.3) is 0 Å². The molecule has 0 aromatic carbocycles. The lowest BCUT2D eigenvalue weighted by Crippen LogP contribution is -2.42. The largest absolute Gasteiger partial charge is 0.395 e. The van der Waals surface area contributed by atoms with E-state index in [2.05, 4.69) is 10.2 Å². The molecule has 3 rings (SSSR count). The van der Waals surface area contributed by atoms with Gasteiger partial charge in [0, 0.05) is 18.6 Å². The Morgan fingerprint density at radius 1 is 1.18 bits per heavy atom. The van der Waals surface area contributed by atoms with E-state index in [0.29, 0.717) is 18.1 Å². The Morgan fingerprint density at radius 2 is 1.88 bits per heavy atom. The Kier molecular flexibility index (Phi) is 3.42. The van der Waals surface area contributed by atoms with Crippen molar-refractivity contribution in [2.24, 2.45) is 5.41 Å². The van der Waals surface area contributed by atoms with Gasteiger partial charge >= 0.3 is 0 Å². The van der Waals surface area contributed by atoms with Crippen LogP contribution in [0, 0.1) is 5.41 Å². The summed E-state index contributed by atoms with van der Waals surface area (Å²) in [6.45, 7) is 3.98. The number of hydrogen-bond acceptors (Lipinski definition) is 3. The number of aliphatic hydroxyl groups excluding tert-OH is 1. The zero-order chi connectivity index (χ0) is 11.7. The fraction of sp³-hybridized carbons (Fsp3) is 1.00. The van der Waals surface area contributed by atoms with E-state index in [9.17, 15) is 5.11 Å². The molecule has 2 heterocycles. The summed E-state index contributed by atoms with van der Waals surface area (Å²) < 4.78 is 0. The van der Waals surface area contributed by atoms with Gasteiger partial charge < -0.3 is 10.4 Å². The van der Waals surface area contributed by atoms with Crippen LogP contribution in [0.3, 0.4) is 0 Å². The van der Waals surface area contributed by atoms with Crippen LogP contribution in [-0.2, 0) is 0 Å². The van der Waals surface area contributed by atoms with Gasteiger partial charge in [0.05, 0.1) is 6.61 Å². The summed E-state index contributed by atoms with van der Waals surface area (Å²) in [5, 5.41) is 13.1. The lowest BCUT2D eigenvalue weighted by Gasteiger charge is -2.35. The second-order valence-corrected chi connectivity index (χ2v) is 6.40. The van der Waals surface area contributed by atoms with Crippen LogP contribution in [0.1, 0.15) is 44.9 Å². The normalized spacial score (nSPS) is 34.8. The van der Waals surface area contributed by atoms with Crippen LogP contribution in [0.4, 0.5) is 0 Å². The predicted octanol–water partition coefficient (Wildman–Crippen LogP) is 1.37. The first-order valence-electron chi connectivity index (χ1n) is 7.40. The maximum atomic E-state index is 9.65. The maximum Gasteiger partial charge on any atom is 0.0587 e. The smallest absolute Gasteiger partial charge is 0.0587 e. The van der Waals surface area contributed by atoms with Crippen LogP contribution in [0.5, 0.6) is 0 Å². The molecule has 98 valence electrons. The Balaban J connectivity index is 1.70. The van der Waals surface area contributed by atoms with Crippen molar-refractivity contribution in [3.63, 3.8) is 0 Å². The highest BCUT2D eigenvalue weighted by molar-refractivity contribution is 5.00. The van der Waals surface area contributed by atoms with E-state index in [1.165, 1.54) is 64.6 Å². The third kappa shape index (κ3) is 2.25. The molecule has 1 aliphatic carbocycles. The molecular formula is C14H26N2O. The molecule has 1 spiro atoms. The molecule has 0 amide bonds. The summed E-state index contributed by atoms with van der Waals surface area (Å²) in [5.41, 5.74) is 0.529. The first kappa shape index (κ1) is 11.9. The fourth-order valence-corrected chi connectivity index (χ4v) is 4.35. The van der Waals surface area contributed by atoms with E-state index < -0.39 is 0 Å². The molecule has 1 unspecified atom stereocenters. The molecule has 0 bridgehead atoms. The molecule has 3 fully saturated rings. The number of likely N-dealkylation sites (tertiary alicyclic amines) is 1. The van der Waals surface area contributed by atoms with E-state index in [1.54, 1.807) is 0 Å². The topological polar surface area (TPSA) is 35.5 Å². The van der Waals surface area contributed by atoms with Gasteiger partial charge in [-0.15, -0.1) is 0 Å². The minimum atomic E-state index is 0.367. The molecule has 17 heavy (non-hydrogen) atoms. The van der Waals surface area contributed by atoms with Crippen LogP contribution in [0.2, 0.25) is 0 Å². The first-order valence-corrected chi connectivity index (χ1v) is 7.40. The van der Waals surface area contributed by atoms with Crippen molar-refractivity contribution in [3.05, 3.63) is 0 Å². The number of hydrogen-bond donors (Lipinski definition) is 2. The second kappa shape index (κ2) is 4.87. The van der Waals surface area contributed by atoms with Gasteiger partial charge in [-0.2, -0.15) is 0 Å². The zero-order valence-corrected chi connectivity index (χ0v) is 10.8. The fourth-order valence-electron chi connectivity index (χ4n) is 4.35. The maximum absolute atomic E-state index is 9.65. The standard InChI is InChI=1S/C14H26N2O/c17-10-13-9-14(5-7-15-8-6-14)11-16(13)12-3-1-2-4-12/h12-13,15,17H,1-11H2. The van der Waals surface area contributed by atoms with Gasteiger partial charge in [-0.05, 0) is 50.6 Å². The van der Waals surface area contributed by atoms with Crippen molar-refractivity contribution >= 4 is 0 Å². The SMILES string of the molecule is OCC1CC2(CCNCC2)CN1C1CCCC1. The molecule has 3 heteroatoms. The molecule has 3 aliphatic rings. The van der Waals surface area contributed by atoms with E-state index in [-0.39, 0.29) is 0 Å². The van der Waals surface area contributed by atoms with E-state index in [1.807, 2.05) is 0 Å². The molecular weight excluding hydrogens is 212 g/mol. The Morgan fingerprint density at radius 3 is 2.53 bits per heavy atom. The lowest BCUT2D eigenvalue weighted by atomic mass is 9.77. The van der Waals surface area contributed by atoms with Gasteiger partial charge in [-0.3, -0.25) is 4.90 Å². The van der Waals surface area contributed by atoms with Crippen molar-refractivity contribution in [3.8, 4) is 0 Å². The van der Waals surface area contributed by atoms with Crippen molar-refractivity contribution < 1.29 is 5.11 Å². The Labute approximate surface area is 105 Å². The van der Waals surface area contributed by atoms with E-state index in [0.717, 1.165) is 6.04 Å². The summed E-state index contributed by atoms with van der Waals surface area (Å²) in [6.07, 6.45) is 9.39. The molecule has 0 radical (unpaired) electrons. The molecule has 1 atom stereocenters. The number of piperidine rings is 1. The van der Waals surface area contributed by atoms with Crippen molar-refractivity contribution in [2.45, 2.75) is 57.0 Å². The summed E-state index contributed by atoms with van der Waals surface area (Å²) in [6, 6.07) is 1.23. The van der Waals surface area contributed by atoms with E-state index >= 15 is 0 Å². The van der Waals surface area contributed by atoms with Gasteiger partial charge in [-0.1, -0.05) is 12.8 Å². The number of nitrogens with one attached hydrogen (secondary N) is 1. The van der Waals surface area contributed by atoms with Crippen LogP contribution in [0.15, 0.2) is 0 Å². The number of aliphatic hydroxyl groups is 1. The highest BCUT2D eigenvalue weighted by Gasteiger charge is 2.46. The van der Waals surface area contributed by atoms with E-state index in [4.69, 9.17) is 0 Å². The number of rotatable bonds is 2. The summed E-state index contributed by atoms with van der Waals surface area (Å²) in [4.78, 5) is 2.66. The predicted molar refractivity (Wildman–Crippen MR) is 69.0 cm³/mol. The van der Waals surface area contributed by atoms with Crippen molar-refractivity contribution in [1.82, 2.24) is 10.2 Å². The van der Waals surface area contributed by atoms with Crippen LogP contribution < -0.4 is 5.32 Å². The molecule has 0 aromatic rings. The number of nitrogens with zero attached hydrogens (tertiary/aromatic N) is 1. The monoisotopic (exact) mass is 238 g/mol. The summed E-state index contributed by atoms with van der Waals surface area (Å²) >= 11 is 0. The third-order valence-corrected chi connectivity index (χ3v) is 5.32. The van der Waals surface area contributed by atoms with Crippen LogP contribution in [-0.4, -0.2) is 48.3 Å². The summed E-state index contributed by atoms with van der Waals surface area (Å²) in [5.74, 6) is 0. The first-order chi connectivity index (χ1) is 8.33. The highest BCUT2D eigenvalue weighted by Crippen LogP contribution is 2.44. The van der Waals surface area contributed by atoms with Crippen molar-refractivity contribution in [2.75, 3.05) is 26.2 Å². The minimum Gasteiger partial charge on any atom is -0.395 e. The quantitative estimate of drug-likeness (QED) is 0.762. The van der Waals surface area contributed by atoms with Crippen LogP contribution >= 0.6 is 0 Å².